The Balaban J connectivity index is 1.69. The summed E-state index contributed by atoms with van der Waals surface area (Å²) in [5.41, 5.74) is 2.16. The van der Waals surface area contributed by atoms with Gasteiger partial charge in [-0.2, -0.15) is 0 Å². The van der Waals surface area contributed by atoms with Gasteiger partial charge in [-0.15, -0.1) is 0 Å². The second-order valence-corrected chi connectivity index (χ2v) is 6.88. The van der Waals surface area contributed by atoms with Crippen molar-refractivity contribution in [2.24, 2.45) is 0 Å². The quantitative estimate of drug-likeness (QED) is 0.582. The van der Waals surface area contributed by atoms with Crippen LogP contribution in [0.5, 0.6) is 0 Å². The van der Waals surface area contributed by atoms with E-state index in [1.807, 2.05) is 30.3 Å². The van der Waals surface area contributed by atoms with Crippen molar-refractivity contribution in [1.82, 2.24) is 5.32 Å². The standard InChI is InChI=1S/C22H18Cl2N2O2/c23-18-11-6-10-17(20(18)24)22(28)26-19-12-5-4-9-16(19)21(27)25-14-13-15-7-2-1-3-8-15/h1-12H,13-14H2,(H,25,27)(H,26,28). The highest BCUT2D eigenvalue weighted by molar-refractivity contribution is 6.44. The Labute approximate surface area is 173 Å². The number of para-hydroxylation sites is 1. The van der Waals surface area contributed by atoms with Crippen molar-refractivity contribution < 1.29 is 9.59 Å². The van der Waals surface area contributed by atoms with Gasteiger partial charge >= 0.3 is 0 Å². The molecule has 0 saturated carbocycles. The lowest BCUT2D eigenvalue weighted by molar-refractivity contribution is 0.0955. The minimum Gasteiger partial charge on any atom is -0.352 e. The fourth-order valence-corrected chi connectivity index (χ4v) is 3.11. The molecule has 0 heterocycles. The number of carbonyl (C=O) groups is 2. The first-order chi connectivity index (χ1) is 13.6. The van der Waals surface area contributed by atoms with E-state index in [0.29, 0.717) is 22.8 Å². The van der Waals surface area contributed by atoms with Gasteiger partial charge in [0.1, 0.15) is 0 Å². The summed E-state index contributed by atoms with van der Waals surface area (Å²) >= 11 is 12.1. The minimum absolute atomic E-state index is 0.173. The lowest BCUT2D eigenvalue weighted by atomic mass is 10.1. The predicted octanol–water partition coefficient (Wildman–Crippen LogP) is 5.22. The van der Waals surface area contributed by atoms with Crippen molar-refractivity contribution in [2.75, 3.05) is 11.9 Å². The lowest BCUT2D eigenvalue weighted by Crippen LogP contribution is -2.27. The SMILES string of the molecule is O=C(NCCc1ccccc1)c1ccccc1NC(=O)c1cccc(Cl)c1Cl. The van der Waals surface area contributed by atoms with Crippen LogP contribution in [0.3, 0.4) is 0 Å². The molecule has 142 valence electrons. The van der Waals surface area contributed by atoms with Gasteiger partial charge in [0.15, 0.2) is 0 Å². The van der Waals surface area contributed by atoms with Gasteiger partial charge < -0.3 is 10.6 Å². The van der Waals surface area contributed by atoms with Gasteiger partial charge in [-0.3, -0.25) is 9.59 Å². The lowest BCUT2D eigenvalue weighted by Gasteiger charge is -2.12. The number of carbonyl (C=O) groups excluding carboxylic acids is 2. The smallest absolute Gasteiger partial charge is 0.257 e. The molecule has 3 aromatic rings. The number of amides is 2. The van der Waals surface area contributed by atoms with Crippen molar-refractivity contribution in [3.63, 3.8) is 0 Å². The predicted molar refractivity (Wildman–Crippen MR) is 113 cm³/mol. The van der Waals surface area contributed by atoms with Crippen LogP contribution in [-0.2, 0) is 6.42 Å². The number of halogens is 2. The zero-order valence-corrected chi connectivity index (χ0v) is 16.4. The third-order valence-electron chi connectivity index (χ3n) is 4.16. The Bertz CT molecular complexity index is 991. The largest absolute Gasteiger partial charge is 0.352 e. The van der Waals surface area contributed by atoms with Crippen molar-refractivity contribution in [1.29, 1.82) is 0 Å². The molecule has 0 fully saturated rings. The molecule has 0 aromatic heterocycles. The fraction of sp³-hybridized carbons (Fsp3) is 0.0909. The molecular weight excluding hydrogens is 395 g/mol. The monoisotopic (exact) mass is 412 g/mol. The summed E-state index contributed by atoms with van der Waals surface area (Å²) in [6.45, 7) is 0.491. The fourth-order valence-electron chi connectivity index (χ4n) is 2.72. The highest BCUT2D eigenvalue weighted by Crippen LogP contribution is 2.26. The normalized spacial score (nSPS) is 10.4. The van der Waals surface area contributed by atoms with E-state index in [-0.39, 0.29) is 16.5 Å². The molecule has 0 bridgehead atoms. The molecule has 0 aliphatic carbocycles. The number of hydrogen-bond acceptors (Lipinski definition) is 2. The molecule has 3 aromatic carbocycles. The van der Waals surface area contributed by atoms with Gasteiger partial charge in [-0.05, 0) is 36.2 Å². The van der Waals surface area contributed by atoms with Gasteiger partial charge in [-0.25, -0.2) is 0 Å². The highest BCUT2D eigenvalue weighted by Gasteiger charge is 2.16. The number of nitrogens with one attached hydrogen (secondary N) is 2. The molecule has 0 aliphatic rings. The number of anilines is 1. The first kappa shape index (κ1) is 19.9. The van der Waals surface area contributed by atoms with Crippen LogP contribution >= 0.6 is 23.2 Å². The molecule has 0 saturated heterocycles. The topological polar surface area (TPSA) is 58.2 Å². The molecule has 2 amide bonds. The molecule has 4 nitrogen and oxygen atoms in total. The number of benzene rings is 3. The van der Waals surface area contributed by atoms with Crippen molar-refractivity contribution in [2.45, 2.75) is 6.42 Å². The van der Waals surface area contributed by atoms with Crippen LogP contribution in [0.2, 0.25) is 10.0 Å². The van der Waals surface area contributed by atoms with Crippen LogP contribution in [0.4, 0.5) is 5.69 Å². The second-order valence-electron chi connectivity index (χ2n) is 6.09. The molecule has 3 rings (SSSR count). The summed E-state index contributed by atoms with van der Waals surface area (Å²) in [7, 11) is 0. The summed E-state index contributed by atoms with van der Waals surface area (Å²) in [6, 6.07) is 21.5. The maximum atomic E-state index is 12.6. The molecule has 28 heavy (non-hydrogen) atoms. The van der Waals surface area contributed by atoms with Gasteiger partial charge in [0, 0.05) is 6.54 Å². The van der Waals surface area contributed by atoms with Gasteiger partial charge in [0.05, 0.1) is 26.9 Å². The molecule has 0 aliphatic heterocycles. The van der Waals surface area contributed by atoms with Gasteiger partial charge in [0.25, 0.3) is 11.8 Å². The molecule has 2 N–H and O–H groups in total. The Morgan fingerprint density at radius 2 is 1.43 bits per heavy atom. The average molecular weight is 413 g/mol. The summed E-state index contributed by atoms with van der Waals surface area (Å²) in [5.74, 6) is -0.693. The van der Waals surface area contributed by atoms with Gasteiger partial charge in [0.2, 0.25) is 0 Å². The molecule has 0 atom stereocenters. The third kappa shape index (κ3) is 4.91. The number of rotatable bonds is 6. The Morgan fingerprint density at radius 3 is 2.21 bits per heavy atom. The first-order valence-corrected chi connectivity index (χ1v) is 9.48. The molecular formula is C22H18Cl2N2O2. The maximum Gasteiger partial charge on any atom is 0.257 e. The second kappa shape index (κ2) is 9.40. The molecule has 6 heteroatoms. The van der Waals surface area contributed by atoms with Gasteiger partial charge in [-0.1, -0.05) is 71.7 Å². The molecule has 0 unspecified atom stereocenters. The van der Waals surface area contributed by atoms with E-state index in [4.69, 9.17) is 23.2 Å². The summed E-state index contributed by atoms with van der Waals surface area (Å²) in [4.78, 5) is 25.2. The number of hydrogen-bond donors (Lipinski definition) is 2. The van der Waals surface area contributed by atoms with Crippen LogP contribution in [-0.4, -0.2) is 18.4 Å². The van der Waals surface area contributed by atoms with E-state index >= 15 is 0 Å². The maximum absolute atomic E-state index is 12.6. The molecule has 0 spiro atoms. The average Bonchev–Trinajstić information content (AvgIpc) is 2.71. The zero-order chi connectivity index (χ0) is 19.9. The summed E-state index contributed by atoms with van der Waals surface area (Å²) in [5, 5.41) is 6.09. The Morgan fingerprint density at radius 1 is 0.750 bits per heavy atom. The van der Waals surface area contributed by atoms with Crippen LogP contribution in [0.25, 0.3) is 0 Å². The molecule has 0 radical (unpaired) electrons. The van der Waals surface area contributed by atoms with E-state index in [1.165, 1.54) is 0 Å². The van der Waals surface area contributed by atoms with E-state index in [2.05, 4.69) is 10.6 Å². The Hall–Kier alpha value is -2.82. The van der Waals surface area contributed by atoms with E-state index < -0.39 is 5.91 Å². The summed E-state index contributed by atoms with van der Waals surface area (Å²) < 4.78 is 0. The first-order valence-electron chi connectivity index (χ1n) is 8.73. The van der Waals surface area contributed by atoms with Crippen molar-refractivity contribution in [3.05, 3.63) is 99.5 Å². The highest BCUT2D eigenvalue weighted by atomic mass is 35.5. The van der Waals surface area contributed by atoms with Crippen molar-refractivity contribution in [3.8, 4) is 0 Å². The van der Waals surface area contributed by atoms with Crippen LogP contribution in [0.15, 0.2) is 72.8 Å². The zero-order valence-electron chi connectivity index (χ0n) is 14.9. The third-order valence-corrected chi connectivity index (χ3v) is 4.98. The van der Waals surface area contributed by atoms with E-state index in [9.17, 15) is 9.59 Å². The Kier molecular flexibility index (Phi) is 6.69. The van der Waals surface area contributed by atoms with E-state index in [0.717, 1.165) is 12.0 Å². The van der Waals surface area contributed by atoms with Crippen LogP contribution < -0.4 is 10.6 Å². The van der Waals surface area contributed by atoms with Crippen LogP contribution in [0, 0.1) is 0 Å². The van der Waals surface area contributed by atoms with Crippen molar-refractivity contribution >= 4 is 40.7 Å². The minimum atomic E-state index is -0.433. The summed E-state index contributed by atoms with van der Waals surface area (Å²) in [6.07, 6.45) is 0.721. The van der Waals surface area contributed by atoms with E-state index in [1.54, 1.807) is 42.5 Å². The van der Waals surface area contributed by atoms with Crippen LogP contribution in [0.1, 0.15) is 26.3 Å².